The SMILES string of the molecule is COCCN(C)S(=O)N1CC[C@](CC(=O)NO)(c2ccc(-c3ccc(Cl)cc3)s2)S(=O)(=O)CC1. The highest BCUT2D eigenvalue weighted by Crippen LogP contribution is 2.45. The van der Waals surface area contributed by atoms with Gasteiger partial charge in [-0.05, 0) is 36.2 Å². The fourth-order valence-corrected chi connectivity index (χ4v) is 8.82. The molecule has 1 fully saturated rings. The average Bonchev–Trinajstić information content (AvgIpc) is 3.27. The van der Waals surface area contributed by atoms with Crippen LogP contribution in [0.5, 0.6) is 0 Å². The van der Waals surface area contributed by atoms with Crippen LogP contribution in [0.25, 0.3) is 10.4 Å². The summed E-state index contributed by atoms with van der Waals surface area (Å²) in [5.41, 5.74) is 2.45. The molecule has 1 aromatic heterocycles. The van der Waals surface area contributed by atoms with E-state index in [1.807, 2.05) is 18.2 Å². The zero-order valence-corrected chi connectivity index (χ0v) is 22.1. The molecule has 2 aromatic rings. The Kier molecular flexibility index (Phi) is 9.26. The number of hydrogen-bond acceptors (Lipinski definition) is 7. The molecule has 1 unspecified atom stereocenters. The predicted molar refractivity (Wildman–Crippen MR) is 134 cm³/mol. The lowest BCUT2D eigenvalue weighted by atomic mass is 9.97. The van der Waals surface area contributed by atoms with Crippen molar-refractivity contribution >= 4 is 49.9 Å². The van der Waals surface area contributed by atoms with E-state index in [9.17, 15) is 22.6 Å². The summed E-state index contributed by atoms with van der Waals surface area (Å²) in [6.07, 6.45) is -0.389. The Morgan fingerprint density at radius 2 is 2.00 bits per heavy atom. The van der Waals surface area contributed by atoms with E-state index in [0.29, 0.717) is 23.1 Å². The molecule has 0 aliphatic carbocycles. The van der Waals surface area contributed by atoms with Gasteiger partial charge in [0, 0.05) is 48.6 Å². The van der Waals surface area contributed by atoms with Crippen LogP contribution >= 0.6 is 22.9 Å². The summed E-state index contributed by atoms with van der Waals surface area (Å²) >= 11 is 5.70. The third kappa shape index (κ3) is 5.88. The second kappa shape index (κ2) is 11.6. The van der Waals surface area contributed by atoms with Crippen LogP contribution < -0.4 is 5.48 Å². The summed E-state index contributed by atoms with van der Waals surface area (Å²) < 4.78 is 47.0. The van der Waals surface area contributed by atoms with E-state index in [4.69, 9.17) is 16.3 Å². The van der Waals surface area contributed by atoms with Crippen molar-refractivity contribution in [1.82, 2.24) is 14.1 Å². The van der Waals surface area contributed by atoms with Gasteiger partial charge in [-0.1, -0.05) is 23.7 Å². The van der Waals surface area contributed by atoms with Crippen LogP contribution in [0.15, 0.2) is 36.4 Å². The van der Waals surface area contributed by atoms with Gasteiger partial charge in [0.1, 0.15) is 4.75 Å². The van der Waals surface area contributed by atoms with Crippen molar-refractivity contribution in [1.29, 1.82) is 0 Å². The fraction of sp³-hybridized carbons (Fsp3) is 0.476. The molecular formula is C21H28ClN3O6S3. The van der Waals surface area contributed by atoms with Gasteiger partial charge in [-0.2, -0.15) is 0 Å². The number of methoxy groups -OCH3 is 1. The molecule has 0 radical (unpaired) electrons. The van der Waals surface area contributed by atoms with E-state index in [-0.39, 0.29) is 25.3 Å². The maximum atomic E-state index is 13.6. The number of carbonyl (C=O) groups is 1. The van der Waals surface area contributed by atoms with Crippen LogP contribution in [0, 0.1) is 0 Å². The summed E-state index contributed by atoms with van der Waals surface area (Å²) in [5, 5.41) is 9.78. The lowest BCUT2D eigenvalue weighted by molar-refractivity contribution is -0.129. The van der Waals surface area contributed by atoms with Crippen molar-refractivity contribution in [2.24, 2.45) is 0 Å². The number of benzene rings is 1. The molecule has 0 spiro atoms. The number of halogens is 1. The standard InChI is InChI=1S/C21H28ClN3O6S3/c1-24(11-13-31-2)33(28)25-10-9-21(15-20(26)23-27,34(29,30)14-12-25)19-8-7-18(32-19)16-3-5-17(22)6-4-16/h3-8,27H,9-15H2,1-2H3,(H,23,26)/t21-,33?/m0/s1. The van der Waals surface area contributed by atoms with Gasteiger partial charge in [0.25, 0.3) is 0 Å². The summed E-state index contributed by atoms with van der Waals surface area (Å²) in [5.74, 6) is -1.07. The molecule has 34 heavy (non-hydrogen) atoms. The molecular weight excluding hydrogens is 522 g/mol. The highest BCUT2D eigenvalue weighted by molar-refractivity contribution is 7.92. The van der Waals surface area contributed by atoms with Crippen molar-refractivity contribution in [2.45, 2.75) is 17.6 Å². The van der Waals surface area contributed by atoms with Gasteiger partial charge >= 0.3 is 0 Å². The summed E-state index contributed by atoms with van der Waals surface area (Å²) in [7, 11) is -0.636. The normalized spacial score (nSPS) is 21.8. The maximum Gasteiger partial charge on any atom is 0.245 e. The first-order valence-corrected chi connectivity index (χ1v) is 14.4. The first kappa shape index (κ1) is 27.2. The first-order chi connectivity index (χ1) is 16.1. The summed E-state index contributed by atoms with van der Waals surface area (Å²) in [6.45, 7) is 1.05. The average molecular weight is 550 g/mol. The Hall–Kier alpha value is -1.38. The van der Waals surface area contributed by atoms with E-state index in [1.165, 1.54) is 11.3 Å². The van der Waals surface area contributed by atoms with Crippen molar-refractivity contribution in [2.75, 3.05) is 46.2 Å². The number of amides is 1. The number of carbonyl (C=O) groups excluding carboxylic acids is 1. The van der Waals surface area contributed by atoms with Crippen molar-refractivity contribution in [3.63, 3.8) is 0 Å². The van der Waals surface area contributed by atoms with E-state index in [0.717, 1.165) is 10.4 Å². The van der Waals surface area contributed by atoms with Crippen molar-refractivity contribution in [3.05, 3.63) is 46.3 Å². The van der Waals surface area contributed by atoms with Gasteiger partial charge in [0.2, 0.25) is 5.91 Å². The molecule has 2 heterocycles. The number of rotatable bonds is 9. The maximum absolute atomic E-state index is 13.6. The molecule has 13 heteroatoms. The molecule has 0 saturated carbocycles. The zero-order valence-electron chi connectivity index (χ0n) is 18.9. The highest BCUT2D eigenvalue weighted by Gasteiger charge is 2.50. The quantitative estimate of drug-likeness (QED) is 0.366. The van der Waals surface area contributed by atoms with Crippen LogP contribution in [0.2, 0.25) is 5.02 Å². The monoisotopic (exact) mass is 549 g/mol. The number of likely N-dealkylation sites (N-methyl/N-ethyl adjacent to an activating group) is 1. The number of nitrogens with zero attached hydrogens (tertiary/aromatic N) is 2. The molecule has 188 valence electrons. The van der Waals surface area contributed by atoms with Gasteiger partial charge in [0.05, 0.1) is 18.8 Å². The third-order valence-electron chi connectivity index (χ3n) is 5.82. The van der Waals surface area contributed by atoms with Crippen LogP contribution in [0.1, 0.15) is 17.7 Å². The molecule has 1 saturated heterocycles. The molecule has 3 rings (SSSR count). The minimum atomic E-state index is -3.87. The first-order valence-electron chi connectivity index (χ1n) is 10.5. The molecule has 1 aliphatic rings. The second-order valence-corrected chi connectivity index (χ2v) is 13.5. The number of hydroxylamine groups is 1. The van der Waals surface area contributed by atoms with Gasteiger partial charge in [-0.25, -0.2) is 26.7 Å². The van der Waals surface area contributed by atoms with Crippen molar-refractivity contribution in [3.8, 4) is 10.4 Å². The van der Waals surface area contributed by atoms with Crippen LogP contribution in [-0.2, 0) is 35.3 Å². The Labute approximate surface area is 211 Å². The van der Waals surface area contributed by atoms with Crippen LogP contribution in [0.4, 0.5) is 0 Å². The van der Waals surface area contributed by atoms with E-state index in [1.54, 1.807) is 46.4 Å². The smallest absolute Gasteiger partial charge is 0.245 e. The van der Waals surface area contributed by atoms with Crippen LogP contribution in [-0.4, -0.2) is 78.5 Å². The summed E-state index contributed by atoms with van der Waals surface area (Å²) in [6, 6.07) is 10.7. The molecule has 2 atom stereocenters. The molecule has 9 nitrogen and oxygen atoms in total. The number of sulfone groups is 1. The lowest BCUT2D eigenvalue weighted by Gasteiger charge is -2.30. The number of ether oxygens (including phenoxy) is 1. The highest BCUT2D eigenvalue weighted by atomic mass is 35.5. The second-order valence-electron chi connectivity index (χ2n) is 7.95. The predicted octanol–water partition coefficient (Wildman–Crippen LogP) is 2.44. The topological polar surface area (TPSA) is 116 Å². The molecule has 1 aliphatic heterocycles. The molecule has 1 aromatic carbocycles. The van der Waals surface area contributed by atoms with E-state index < -0.39 is 38.1 Å². The molecule has 0 bridgehead atoms. The number of nitrogens with one attached hydrogen (secondary N) is 1. The van der Waals surface area contributed by atoms with Gasteiger partial charge in [-0.3, -0.25) is 10.0 Å². The molecule has 2 N–H and O–H groups in total. The Morgan fingerprint density at radius 3 is 2.65 bits per heavy atom. The minimum absolute atomic E-state index is 0.0488. The third-order valence-corrected chi connectivity index (χ3v) is 11.5. The zero-order chi connectivity index (χ0) is 24.9. The minimum Gasteiger partial charge on any atom is -0.383 e. The fourth-order valence-electron chi connectivity index (χ4n) is 3.85. The van der Waals surface area contributed by atoms with Gasteiger partial charge in [0.15, 0.2) is 21.0 Å². The largest absolute Gasteiger partial charge is 0.383 e. The Balaban J connectivity index is 1.97. The number of thiophene rings is 1. The van der Waals surface area contributed by atoms with E-state index >= 15 is 0 Å². The summed E-state index contributed by atoms with van der Waals surface area (Å²) in [4.78, 5) is 13.6. The number of hydrogen-bond donors (Lipinski definition) is 2. The van der Waals surface area contributed by atoms with Gasteiger partial charge < -0.3 is 4.74 Å². The van der Waals surface area contributed by atoms with Crippen LogP contribution in [0.3, 0.4) is 0 Å². The molecule has 1 amide bonds. The van der Waals surface area contributed by atoms with E-state index in [2.05, 4.69) is 0 Å². The Bertz CT molecular complexity index is 1130. The van der Waals surface area contributed by atoms with Crippen molar-refractivity contribution < 1.29 is 27.4 Å². The lowest BCUT2D eigenvalue weighted by Crippen LogP contribution is -2.41. The Morgan fingerprint density at radius 1 is 1.29 bits per heavy atom. The van der Waals surface area contributed by atoms with Gasteiger partial charge in [-0.15, -0.1) is 11.3 Å².